The summed E-state index contributed by atoms with van der Waals surface area (Å²) >= 11 is 0. The number of methoxy groups -OCH3 is 1. The number of hydrogen-bond acceptors (Lipinski definition) is 3. The Labute approximate surface area is 70.1 Å². The lowest BCUT2D eigenvalue weighted by Crippen LogP contribution is -2.40. The smallest absolute Gasteiger partial charge is 0.293 e. The molecule has 1 N–H and O–H groups in total. The summed E-state index contributed by atoms with van der Waals surface area (Å²) in [5, 5.41) is 8.98. The van der Waals surface area contributed by atoms with Crippen molar-refractivity contribution in [3.8, 4) is 0 Å². The third kappa shape index (κ3) is 1.46. The molecule has 68 valence electrons. The van der Waals surface area contributed by atoms with Gasteiger partial charge in [0.1, 0.15) is 20.1 Å². The van der Waals surface area contributed by atoms with Crippen LogP contribution in [0.25, 0.3) is 0 Å². The maximum Gasteiger partial charge on any atom is 0.293 e. The van der Waals surface area contributed by atoms with Crippen LogP contribution in [0.3, 0.4) is 0 Å². The first-order valence-electron chi connectivity index (χ1n) is 3.46. The predicted molar refractivity (Wildman–Crippen MR) is 37.2 cm³/mol. The SMILES string of the molecule is [B]C1OC(COC)C(O)C1(F)F. The predicted octanol–water partition coefficient (Wildman–Crippen LogP) is -0.478. The van der Waals surface area contributed by atoms with Crippen LogP contribution in [0, 0.1) is 0 Å². The first-order valence-corrected chi connectivity index (χ1v) is 3.46. The lowest BCUT2D eigenvalue weighted by molar-refractivity contribution is -0.0924. The fraction of sp³-hybridized carbons (Fsp3) is 1.00. The molecule has 3 nitrogen and oxygen atoms in total. The van der Waals surface area contributed by atoms with Crippen LogP contribution < -0.4 is 0 Å². The number of rotatable bonds is 2. The molecule has 0 aromatic heterocycles. The van der Waals surface area contributed by atoms with Crippen molar-refractivity contribution in [3.05, 3.63) is 0 Å². The number of halogens is 2. The van der Waals surface area contributed by atoms with Gasteiger partial charge in [0.2, 0.25) is 0 Å². The van der Waals surface area contributed by atoms with E-state index in [0.29, 0.717) is 0 Å². The molecule has 1 fully saturated rings. The molecule has 12 heavy (non-hydrogen) atoms. The van der Waals surface area contributed by atoms with Gasteiger partial charge in [-0.05, 0) is 0 Å². The lowest BCUT2D eigenvalue weighted by Gasteiger charge is -2.16. The standard InChI is InChI=1S/C6H9BF2O3/c1-11-2-3-4(10)6(8,9)5(7)12-3/h3-5,10H,2H2,1H3. The number of alkyl halides is 2. The second-order valence-corrected chi connectivity index (χ2v) is 2.67. The highest BCUT2D eigenvalue weighted by atomic mass is 19.3. The maximum atomic E-state index is 12.7. The summed E-state index contributed by atoms with van der Waals surface area (Å²) < 4.78 is 34.6. The van der Waals surface area contributed by atoms with Crippen molar-refractivity contribution in [1.29, 1.82) is 0 Å². The van der Waals surface area contributed by atoms with E-state index in [4.69, 9.17) is 13.0 Å². The van der Waals surface area contributed by atoms with Crippen LogP contribution in [-0.4, -0.2) is 50.8 Å². The Morgan fingerprint density at radius 2 is 2.25 bits per heavy atom. The summed E-state index contributed by atoms with van der Waals surface area (Å²) in [4.78, 5) is 0. The topological polar surface area (TPSA) is 38.7 Å². The lowest BCUT2D eigenvalue weighted by atomic mass is 9.92. The molecule has 3 unspecified atom stereocenters. The van der Waals surface area contributed by atoms with E-state index in [9.17, 15) is 8.78 Å². The Morgan fingerprint density at radius 3 is 2.58 bits per heavy atom. The van der Waals surface area contributed by atoms with E-state index in [0.717, 1.165) is 0 Å². The van der Waals surface area contributed by atoms with Gasteiger partial charge in [-0.1, -0.05) is 0 Å². The average molecular weight is 178 g/mol. The molecule has 3 atom stereocenters. The summed E-state index contributed by atoms with van der Waals surface area (Å²) in [7, 11) is 6.27. The van der Waals surface area contributed by atoms with Gasteiger partial charge in [-0.15, -0.1) is 0 Å². The first-order chi connectivity index (χ1) is 5.50. The molecule has 0 amide bonds. The molecule has 0 bridgehead atoms. The number of hydrogen-bond donors (Lipinski definition) is 1. The number of aliphatic hydroxyl groups is 1. The molecule has 1 aliphatic rings. The minimum atomic E-state index is -3.39. The van der Waals surface area contributed by atoms with Crippen molar-refractivity contribution in [2.75, 3.05) is 13.7 Å². The third-order valence-electron chi connectivity index (χ3n) is 1.78. The Kier molecular flexibility index (Phi) is 2.70. The molecule has 6 heteroatoms. The zero-order valence-corrected chi connectivity index (χ0v) is 6.54. The van der Waals surface area contributed by atoms with E-state index < -0.39 is 24.1 Å². The second-order valence-electron chi connectivity index (χ2n) is 2.67. The van der Waals surface area contributed by atoms with Crippen LogP contribution >= 0.6 is 0 Å². The monoisotopic (exact) mass is 178 g/mol. The average Bonchev–Trinajstić information content (AvgIpc) is 2.17. The van der Waals surface area contributed by atoms with E-state index in [1.807, 2.05) is 0 Å². The van der Waals surface area contributed by atoms with Gasteiger partial charge >= 0.3 is 0 Å². The van der Waals surface area contributed by atoms with Crippen LogP contribution in [0.5, 0.6) is 0 Å². The minimum absolute atomic E-state index is 0.0928. The molecule has 0 saturated carbocycles. The van der Waals surface area contributed by atoms with Gasteiger partial charge in [-0.2, -0.15) is 0 Å². The Hall–Kier alpha value is -0.195. The quantitative estimate of drug-likeness (QED) is 0.580. The third-order valence-corrected chi connectivity index (χ3v) is 1.78. The van der Waals surface area contributed by atoms with E-state index in [1.54, 1.807) is 0 Å². The molecular formula is C6H9BF2O3. The van der Waals surface area contributed by atoms with Gasteiger partial charge in [0.25, 0.3) is 5.92 Å². The molecule has 0 aliphatic carbocycles. The van der Waals surface area contributed by atoms with Crippen LogP contribution in [0.2, 0.25) is 0 Å². The van der Waals surface area contributed by atoms with E-state index >= 15 is 0 Å². The highest BCUT2D eigenvalue weighted by Crippen LogP contribution is 2.34. The summed E-state index contributed by atoms with van der Waals surface area (Å²) in [6.45, 7) is -0.0928. The van der Waals surface area contributed by atoms with E-state index in [2.05, 4.69) is 9.47 Å². The molecule has 1 saturated heterocycles. The summed E-state index contributed by atoms with van der Waals surface area (Å²) in [6.07, 6.45) is -2.92. The van der Waals surface area contributed by atoms with E-state index in [1.165, 1.54) is 7.11 Å². The number of aliphatic hydroxyl groups excluding tert-OH is 1. The molecule has 1 aliphatic heterocycles. The molecule has 1 heterocycles. The van der Waals surface area contributed by atoms with Gasteiger partial charge in [0.15, 0.2) is 0 Å². The van der Waals surface area contributed by atoms with E-state index in [-0.39, 0.29) is 6.61 Å². The van der Waals surface area contributed by atoms with Crippen LogP contribution in [0.15, 0.2) is 0 Å². The van der Waals surface area contributed by atoms with Crippen LogP contribution in [-0.2, 0) is 9.47 Å². The van der Waals surface area contributed by atoms with Crippen molar-refractivity contribution < 1.29 is 23.4 Å². The van der Waals surface area contributed by atoms with Crippen molar-refractivity contribution in [3.63, 3.8) is 0 Å². The molecule has 0 aromatic carbocycles. The Morgan fingerprint density at radius 1 is 1.67 bits per heavy atom. The van der Waals surface area contributed by atoms with Crippen molar-refractivity contribution in [2.24, 2.45) is 0 Å². The van der Waals surface area contributed by atoms with Crippen molar-refractivity contribution >= 4 is 7.85 Å². The highest BCUT2D eigenvalue weighted by molar-refractivity contribution is 6.12. The molecule has 2 radical (unpaired) electrons. The normalized spacial score (nSPS) is 40.2. The van der Waals surface area contributed by atoms with Gasteiger partial charge in [-0.25, -0.2) is 8.78 Å². The highest BCUT2D eigenvalue weighted by Gasteiger charge is 2.55. The molecule has 0 aromatic rings. The molecular weight excluding hydrogens is 169 g/mol. The maximum absolute atomic E-state index is 12.7. The summed E-state index contributed by atoms with van der Waals surface area (Å²) in [5.41, 5.74) is 0. The summed E-state index contributed by atoms with van der Waals surface area (Å²) in [6, 6.07) is -1.74. The van der Waals surface area contributed by atoms with Crippen molar-refractivity contribution in [2.45, 2.75) is 24.1 Å². The van der Waals surface area contributed by atoms with Gasteiger partial charge < -0.3 is 14.6 Å². The number of ether oxygens (including phenoxy) is 2. The zero-order valence-electron chi connectivity index (χ0n) is 6.54. The molecule has 0 spiro atoms. The minimum Gasteiger partial charge on any atom is -0.384 e. The van der Waals surface area contributed by atoms with Crippen LogP contribution in [0.4, 0.5) is 8.78 Å². The second kappa shape index (κ2) is 3.28. The molecule has 1 rings (SSSR count). The Balaban J connectivity index is 2.63. The Bertz CT molecular complexity index is 167. The largest absolute Gasteiger partial charge is 0.384 e. The van der Waals surface area contributed by atoms with Gasteiger partial charge in [-0.3, -0.25) is 0 Å². The van der Waals surface area contributed by atoms with Gasteiger partial charge in [0, 0.05) is 7.11 Å². The zero-order chi connectivity index (χ0) is 9.35. The fourth-order valence-corrected chi connectivity index (χ4v) is 1.06. The van der Waals surface area contributed by atoms with Crippen LogP contribution in [0.1, 0.15) is 0 Å². The van der Waals surface area contributed by atoms with Gasteiger partial charge in [0.05, 0.1) is 12.6 Å². The first kappa shape index (κ1) is 9.89. The fourth-order valence-electron chi connectivity index (χ4n) is 1.06. The van der Waals surface area contributed by atoms with Crippen molar-refractivity contribution in [1.82, 2.24) is 0 Å². The summed E-state index contributed by atoms with van der Waals surface area (Å²) in [5.74, 6) is -3.39.